The molecule has 2 heterocycles. The molecule has 0 N–H and O–H groups in total. The minimum atomic E-state index is 0.139. The first-order valence-electron chi connectivity index (χ1n) is 9.71. The second-order valence-electron chi connectivity index (χ2n) is 7.52. The predicted molar refractivity (Wildman–Crippen MR) is 112 cm³/mol. The van der Waals surface area contributed by atoms with E-state index in [1.807, 2.05) is 18.0 Å². The molecule has 1 aromatic heterocycles. The van der Waals surface area contributed by atoms with Crippen LogP contribution in [0, 0.1) is 13.8 Å². The number of amides is 1. The number of hydrogen-bond donors (Lipinski definition) is 0. The average molecular weight is 361 g/mol. The highest BCUT2D eigenvalue weighted by Crippen LogP contribution is 2.24. The molecule has 3 aromatic rings. The maximum Gasteiger partial charge on any atom is 0.270 e. The highest BCUT2D eigenvalue weighted by molar-refractivity contribution is 5.99. The van der Waals surface area contributed by atoms with Gasteiger partial charge in [-0.15, -0.1) is 0 Å². The predicted octanol–water partition coefficient (Wildman–Crippen LogP) is 4.15. The van der Waals surface area contributed by atoms with Crippen LogP contribution in [0.1, 0.15) is 28.0 Å². The fourth-order valence-corrected chi connectivity index (χ4v) is 4.27. The molecule has 4 rings (SSSR count). The van der Waals surface area contributed by atoms with E-state index < -0.39 is 0 Å². The van der Waals surface area contributed by atoms with E-state index >= 15 is 0 Å². The number of anilines is 1. The van der Waals surface area contributed by atoms with Gasteiger partial charge in [-0.2, -0.15) is 0 Å². The summed E-state index contributed by atoms with van der Waals surface area (Å²) in [6, 6.07) is 16.8. The van der Waals surface area contributed by atoms with Crippen LogP contribution in [0.3, 0.4) is 0 Å². The van der Waals surface area contributed by atoms with Crippen molar-refractivity contribution in [3.05, 3.63) is 65.4 Å². The number of fused-ring (bicyclic) bond motifs is 1. The number of aromatic nitrogens is 1. The van der Waals surface area contributed by atoms with E-state index in [1.54, 1.807) is 0 Å². The minimum Gasteiger partial charge on any atom is -0.369 e. The van der Waals surface area contributed by atoms with E-state index in [4.69, 9.17) is 0 Å². The van der Waals surface area contributed by atoms with Crippen molar-refractivity contribution in [3.8, 4) is 0 Å². The summed E-state index contributed by atoms with van der Waals surface area (Å²) in [5.41, 5.74) is 5.71. The number of hydrogen-bond acceptors (Lipinski definition) is 2. The van der Waals surface area contributed by atoms with E-state index in [9.17, 15) is 4.79 Å². The SMILES string of the molecule is Cc1ccccc1N1CCCN(C(=O)c2cc3cccc(C)c3n2C)CC1. The Morgan fingerprint density at radius 3 is 2.44 bits per heavy atom. The Morgan fingerprint density at radius 2 is 1.67 bits per heavy atom. The molecule has 0 aliphatic carbocycles. The van der Waals surface area contributed by atoms with Gasteiger partial charge >= 0.3 is 0 Å². The zero-order valence-electron chi connectivity index (χ0n) is 16.4. The Labute approximate surface area is 161 Å². The third-order valence-electron chi connectivity index (χ3n) is 5.72. The Morgan fingerprint density at radius 1 is 0.889 bits per heavy atom. The summed E-state index contributed by atoms with van der Waals surface area (Å²) >= 11 is 0. The van der Waals surface area contributed by atoms with Crippen molar-refractivity contribution >= 4 is 22.5 Å². The summed E-state index contributed by atoms with van der Waals surface area (Å²) in [7, 11) is 2.00. The molecule has 4 heteroatoms. The quantitative estimate of drug-likeness (QED) is 0.686. The lowest BCUT2D eigenvalue weighted by Gasteiger charge is -2.25. The Kier molecular flexibility index (Phi) is 4.65. The number of rotatable bonds is 2. The fourth-order valence-electron chi connectivity index (χ4n) is 4.27. The van der Waals surface area contributed by atoms with Crippen LogP contribution < -0.4 is 4.90 Å². The Hall–Kier alpha value is -2.75. The first-order chi connectivity index (χ1) is 13.1. The van der Waals surface area contributed by atoms with E-state index in [2.05, 4.69) is 65.8 Å². The number of carbonyl (C=O) groups is 1. The molecule has 2 aromatic carbocycles. The lowest BCUT2D eigenvalue weighted by molar-refractivity contribution is 0.0758. The van der Waals surface area contributed by atoms with Gasteiger partial charge in [-0.1, -0.05) is 36.4 Å². The van der Waals surface area contributed by atoms with Gasteiger partial charge in [0.05, 0.1) is 5.52 Å². The lowest BCUT2D eigenvalue weighted by atomic mass is 10.2. The van der Waals surface area contributed by atoms with Crippen molar-refractivity contribution in [2.75, 3.05) is 31.1 Å². The van der Waals surface area contributed by atoms with Crippen LogP contribution in [-0.2, 0) is 7.05 Å². The molecule has 0 bridgehead atoms. The lowest BCUT2D eigenvalue weighted by Crippen LogP contribution is -2.36. The molecule has 1 fully saturated rings. The van der Waals surface area contributed by atoms with Gasteiger partial charge in [0.1, 0.15) is 5.69 Å². The van der Waals surface area contributed by atoms with Crippen molar-refractivity contribution < 1.29 is 4.79 Å². The Bertz CT molecular complexity index is 988. The number of aryl methyl sites for hydroxylation is 3. The molecular weight excluding hydrogens is 334 g/mol. The molecule has 1 aliphatic heterocycles. The molecule has 1 amide bonds. The third kappa shape index (κ3) is 3.20. The maximum absolute atomic E-state index is 13.3. The summed E-state index contributed by atoms with van der Waals surface area (Å²) in [5.74, 6) is 0.139. The molecule has 0 unspecified atom stereocenters. The van der Waals surface area contributed by atoms with Crippen molar-refractivity contribution in [2.45, 2.75) is 20.3 Å². The van der Waals surface area contributed by atoms with Gasteiger partial charge in [-0.05, 0) is 43.5 Å². The topological polar surface area (TPSA) is 28.5 Å². The highest BCUT2D eigenvalue weighted by Gasteiger charge is 2.23. The summed E-state index contributed by atoms with van der Waals surface area (Å²) in [6.07, 6.45) is 0.989. The highest BCUT2D eigenvalue weighted by atomic mass is 16.2. The van der Waals surface area contributed by atoms with E-state index in [0.717, 1.165) is 49.2 Å². The molecule has 1 aliphatic rings. The maximum atomic E-state index is 13.3. The van der Waals surface area contributed by atoms with Crippen LogP contribution in [0.2, 0.25) is 0 Å². The van der Waals surface area contributed by atoms with Crippen LogP contribution in [0.15, 0.2) is 48.5 Å². The third-order valence-corrected chi connectivity index (χ3v) is 5.72. The number of benzene rings is 2. The number of para-hydroxylation sites is 2. The second-order valence-corrected chi connectivity index (χ2v) is 7.52. The zero-order valence-corrected chi connectivity index (χ0v) is 16.4. The molecule has 140 valence electrons. The van der Waals surface area contributed by atoms with Crippen LogP contribution in [0.4, 0.5) is 5.69 Å². The molecule has 4 nitrogen and oxygen atoms in total. The molecule has 0 atom stereocenters. The molecule has 0 spiro atoms. The summed E-state index contributed by atoms with van der Waals surface area (Å²) in [4.78, 5) is 17.7. The van der Waals surface area contributed by atoms with Crippen molar-refractivity contribution in [1.29, 1.82) is 0 Å². The summed E-state index contributed by atoms with van der Waals surface area (Å²) in [6.45, 7) is 7.68. The fraction of sp³-hybridized carbons (Fsp3) is 0.348. The zero-order chi connectivity index (χ0) is 19.0. The van der Waals surface area contributed by atoms with Crippen LogP contribution in [-0.4, -0.2) is 41.6 Å². The van der Waals surface area contributed by atoms with Crippen molar-refractivity contribution in [1.82, 2.24) is 9.47 Å². The van der Waals surface area contributed by atoms with Crippen molar-refractivity contribution in [3.63, 3.8) is 0 Å². The largest absolute Gasteiger partial charge is 0.369 e. The van der Waals surface area contributed by atoms with Gasteiger partial charge in [0.25, 0.3) is 5.91 Å². The minimum absolute atomic E-state index is 0.139. The smallest absolute Gasteiger partial charge is 0.270 e. The van der Waals surface area contributed by atoms with E-state index in [0.29, 0.717) is 0 Å². The second kappa shape index (κ2) is 7.10. The Balaban J connectivity index is 1.56. The molecule has 0 radical (unpaired) electrons. The molecule has 0 saturated carbocycles. The molecule has 1 saturated heterocycles. The number of carbonyl (C=O) groups excluding carboxylic acids is 1. The van der Waals surface area contributed by atoms with Gasteiger partial charge in [0, 0.05) is 44.3 Å². The molecular formula is C23H27N3O. The monoisotopic (exact) mass is 361 g/mol. The van der Waals surface area contributed by atoms with Gasteiger partial charge < -0.3 is 14.4 Å². The van der Waals surface area contributed by atoms with E-state index in [-0.39, 0.29) is 5.91 Å². The normalized spacial score (nSPS) is 15.2. The number of nitrogens with zero attached hydrogens (tertiary/aromatic N) is 3. The molecule has 27 heavy (non-hydrogen) atoms. The standard InChI is InChI=1S/C23H27N3O/c1-17-8-4-5-11-20(17)25-12-7-13-26(15-14-25)23(27)21-16-19-10-6-9-18(2)22(19)24(21)3/h4-6,8-11,16H,7,12-15H2,1-3H3. The van der Waals surface area contributed by atoms with Gasteiger partial charge in [0.2, 0.25) is 0 Å². The van der Waals surface area contributed by atoms with Gasteiger partial charge in [-0.25, -0.2) is 0 Å². The van der Waals surface area contributed by atoms with Crippen LogP contribution in [0.5, 0.6) is 0 Å². The first-order valence-corrected chi connectivity index (χ1v) is 9.71. The van der Waals surface area contributed by atoms with Crippen LogP contribution in [0.25, 0.3) is 10.9 Å². The summed E-state index contributed by atoms with van der Waals surface area (Å²) in [5, 5.41) is 1.14. The summed E-state index contributed by atoms with van der Waals surface area (Å²) < 4.78 is 2.05. The van der Waals surface area contributed by atoms with E-state index in [1.165, 1.54) is 16.8 Å². The van der Waals surface area contributed by atoms with Gasteiger partial charge in [0.15, 0.2) is 0 Å². The first kappa shape index (κ1) is 17.7. The van der Waals surface area contributed by atoms with Crippen LogP contribution >= 0.6 is 0 Å². The van der Waals surface area contributed by atoms with Crippen molar-refractivity contribution in [2.24, 2.45) is 7.05 Å². The van der Waals surface area contributed by atoms with Gasteiger partial charge in [-0.3, -0.25) is 4.79 Å². The average Bonchev–Trinajstić information content (AvgIpc) is 2.85.